The van der Waals surface area contributed by atoms with E-state index in [0.29, 0.717) is 12.1 Å². The largest absolute Gasteiger partial charge is 0.504 e. The third kappa shape index (κ3) is 3.25. The fraction of sp³-hybridized carbons (Fsp3) is 0.435. The summed E-state index contributed by atoms with van der Waals surface area (Å²) in [5.74, 6) is -0.259. The van der Waals surface area contributed by atoms with Crippen molar-refractivity contribution >= 4 is 11.6 Å². The van der Waals surface area contributed by atoms with Crippen molar-refractivity contribution in [3.8, 4) is 11.5 Å². The van der Waals surface area contributed by atoms with Crippen LogP contribution in [0.3, 0.4) is 0 Å². The smallest absolute Gasteiger partial charge is 0.258 e. The van der Waals surface area contributed by atoms with Crippen molar-refractivity contribution in [3.05, 3.63) is 53.3 Å². The Bertz CT molecular complexity index is 965. The SMILES string of the molecule is O=C(c1ccc(O)c(O)c1)N1CC2(CCN(CC3CC3)CC2)c2cc(F)ccc21. The van der Waals surface area contributed by atoms with Gasteiger partial charge in [0, 0.05) is 29.8 Å². The number of amides is 1. The van der Waals surface area contributed by atoms with E-state index in [1.807, 2.05) is 0 Å². The lowest BCUT2D eigenvalue weighted by molar-refractivity contribution is 0.0975. The van der Waals surface area contributed by atoms with Crippen molar-refractivity contribution < 1.29 is 19.4 Å². The molecule has 0 atom stereocenters. The van der Waals surface area contributed by atoms with Crippen LogP contribution in [0.1, 0.15) is 41.6 Å². The quantitative estimate of drug-likeness (QED) is 0.778. The summed E-state index contributed by atoms with van der Waals surface area (Å²) in [6, 6.07) is 8.78. The molecule has 2 heterocycles. The van der Waals surface area contributed by atoms with Crippen molar-refractivity contribution in [2.75, 3.05) is 31.1 Å². The lowest BCUT2D eigenvalue weighted by atomic mass is 9.74. The molecular formula is C23H25FN2O3. The van der Waals surface area contributed by atoms with Crippen molar-refractivity contribution in [3.63, 3.8) is 0 Å². The topological polar surface area (TPSA) is 64.0 Å². The summed E-state index contributed by atoms with van der Waals surface area (Å²) in [6.07, 6.45) is 4.47. The highest BCUT2D eigenvalue weighted by Crippen LogP contribution is 2.48. The number of carbonyl (C=O) groups excluding carboxylic acids is 1. The first-order valence-corrected chi connectivity index (χ1v) is 10.3. The average molecular weight is 396 g/mol. The van der Waals surface area contributed by atoms with Crippen LogP contribution in [-0.4, -0.2) is 47.2 Å². The number of aromatic hydroxyl groups is 2. The van der Waals surface area contributed by atoms with Crippen molar-refractivity contribution in [1.82, 2.24) is 4.90 Å². The third-order valence-electron chi connectivity index (χ3n) is 6.78. The lowest BCUT2D eigenvalue weighted by Gasteiger charge is -2.40. The van der Waals surface area contributed by atoms with Gasteiger partial charge in [0.1, 0.15) is 5.82 Å². The summed E-state index contributed by atoms with van der Waals surface area (Å²) in [5, 5.41) is 19.3. The Kier molecular flexibility index (Phi) is 4.28. The first kappa shape index (κ1) is 18.4. The molecule has 2 aromatic rings. The second kappa shape index (κ2) is 6.73. The molecule has 0 aromatic heterocycles. The van der Waals surface area contributed by atoms with Gasteiger partial charge in [-0.1, -0.05) is 0 Å². The minimum atomic E-state index is -0.322. The Balaban J connectivity index is 1.44. The van der Waals surface area contributed by atoms with Gasteiger partial charge in [0.15, 0.2) is 11.5 Å². The van der Waals surface area contributed by atoms with Gasteiger partial charge in [0.25, 0.3) is 5.91 Å². The highest BCUT2D eigenvalue weighted by atomic mass is 19.1. The molecule has 2 N–H and O–H groups in total. The van der Waals surface area contributed by atoms with Crippen LogP contribution in [0.25, 0.3) is 0 Å². The predicted molar refractivity (Wildman–Crippen MR) is 108 cm³/mol. The number of hydrogen-bond acceptors (Lipinski definition) is 4. The number of hydrogen-bond donors (Lipinski definition) is 2. The van der Waals surface area contributed by atoms with Crippen LogP contribution in [0.2, 0.25) is 0 Å². The standard InChI is InChI=1S/C23H25FN2O3/c24-17-4-5-19-18(12-17)23(7-9-25(10-8-23)13-15-1-2-15)14-26(19)22(29)16-3-6-20(27)21(28)11-16/h3-6,11-12,15,27-28H,1-2,7-10,13-14H2. The Hall–Kier alpha value is -2.60. The van der Waals surface area contributed by atoms with E-state index in [1.54, 1.807) is 17.0 Å². The van der Waals surface area contributed by atoms with Crippen molar-refractivity contribution in [2.45, 2.75) is 31.1 Å². The first-order valence-electron chi connectivity index (χ1n) is 10.3. The maximum atomic E-state index is 14.1. The number of benzene rings is 2. The summed E-state index contributed by atoms with van der Waals surface area (Å²) < 4.78 is 14.1. The van der Waals surface area contributed by atoms with Gasteiger partial charge in [-0.3, -0.25) is 4.79 Å². The molecule has 0 bridgehead atoms. The molecule has 3 aliphatic rings. The molecule has 1 aliphatic carbocycles. The molecule has 5 nitrogen and oxygen atoms in total. The highest BCUT2D eigenvalue weighted by molar-refractivity contribution is 6.08. The molecule has 6 heteroatoms. The number of piperidine rings is 1. The van der Waals surface area contributed by atoms with E-state index < -0.39 is 0 Å². The van der Waals surface area contributed by atoms with Crippen LogP contribution in [0.15, 0.2) is 36.4 Å². The fourth-order valence-electron chi connectivity index (χ4n) is 4.89. The number of fused-ring (bicyclic) bond motifs is 2. The highest BCUT2D eigenvalue weighted by Gasteiger charge is 2.47. The van der Waals surface area contributed by atoms with E-state index in [1.165, 1.54) is 37.1 Å². The number of carbonyl (C=O) groups is 1. The van der Waals surface area contributed by atoms with E-state index in [0.717, 1.165) is 49.6 Å². The van der Waals surface area contributed by atoms with E-state index in [4.69, 9.17) is 0 Å². The van der Waals surface area contributed by atoms with E-state index >= 15 is 0 Å². The van der Waals surface area contributed by atoms with Crippen LogP contribution in [-0.2, 0) is 5.41 Å². The molecule has 29 heavy (non-hydrogen) atoms. The fourth-order valence-corrected chi connectivity index (χ4v) is 4.89. The second-order valence-corrected chi connectivity index (χ2v) is 8.78. The molecule has 5 rings (SSSR count). The van der Waals surface area contributed by atoms with Gasteiger partial charge in [0.05, 0.1) is 0 Å². The third-order valence-corrected chi connectivity index (χ3v) is 6.78. The molecule has 0 radical (unpaired) electrons. The van der Waals surface area contributed by atoms with Crippen molar-refractivity contribution in [1.29, 1.82) is 0 Å². The number of phenolic OH excluding ortho intramolecular Hbond substituents is 2. The summed E-state index contributed by atoms with van der Waals surface area (Å²) in [6.45, 7) is 3.61. The van der Waals surface area contributed by atoms with Crippen LogP contribution >= 0.6 is 0 Å². The maximum absolute atomic E-state index is 14.1. The van der Waals surface area contributed by atoms with Gasteiger partial charge in [-0.25, -0.2) is 4.39 Å². The Morgan fingerprint density at radius 2 is 1.83 bits per heavy atom. The molecule has 1 amide bonds. The molecule has 1 spiro atoms. The van der Waals surface area contributed by atoms with Crippen LogP contribution in [0, 0.1) is 11.7 Å². The summed E-state index contributed by atoms with van der Waals surface area (Å²) in [5.41, 5.74) is 1.74. The number of halogens is 1. The molecule has 0 unspecified atom stereocenters. The number of phenols is 2. The van der Waals surface area contributed by atoms with Crippen LogP contribution in [0.5, 0.6) is 11.5 Å². The van der Waals surface area contributed by atoms with Gasteiger partial charge in [-0.05, 0) is 86.7 Å². The molecule has 1 saturated heterocycles. The number of nitrogens with zero attached hydrogens (tertiary/aromatic N) is 2. The Morgan fingerprint density at radius 1 is 1.07 bits per heavy atom. The number of rotatable bonds is 3. The number of anilines is 1. The molecule has 1 saturated carbocycles. The average Bonchev–Trinajstić information content (AvgIpc) is 3.48. The first-order chi connectivity index (χ1) is 13.9. The van der Waals surface area contributed by atoms with Crippen LogP contribution < -0.4 is 4.90 Å². The predicted octanol–water partition coefficient (Wildman–Crippen LogP) is 3.64. The van der Waals surface area contributed by atoms with Gasteiger partial charge >= 0.3 is 0 Å². The normalized spacial score (nSPS) is 20.8. The van der Waals surface area contributed by atoms with E-state index in [2.05, 4.69) is 4.90 Å². The van der Waals surface area contributed by atoms with Crippen LogP contribution in [0.4, 0.5) is 10.1 Å². The minimum Gasteiger partial charge on any atom is -0.504 e. The Morgan fingerprint density at radius 3 is 2.52 bits per heavy atom. The minimum absolute atomic E-state index is 0.230. The molecule has 2 aliphatic heterocycles. The number of likely N-dealkylation sites (tertiary alicyclic amines) is 1. The monoisotopic (exact) mass is 396 g/mol. The lowest BCUT2D eigenvalue weighted by Crippen LogP contribution is -2.46. The van der Waals surface area contributed by atoms with Gasteiger partial charge in [-0.15, -0.1) is 0 Å². The second-order valence-electron chi connectivity index (χ2n) is 8.78. The summed E-state index contributed by atoms with van der Waals surface area (Å²) >= 11 is 0. The zero-order valence-electron chi connectivity index (χ0n) is 16.3. The van der Waals surface area contributed by atoms with E-state index in [-0.39, 0.29) is 28.6 Å². The Labute approximate surface area is 169 Å². The maximum Gasteiger partial charge on any atom is 0.258 e. The summed E-state index contributed by atoms with van der Waals surface area (Å²) in [7, 11) is 0. The molecule has 2 fully saturated rings. The molecule has 152 valence electrons. The molecular weight excluding hydrogens is 371 g/mol. The van der Waals surface area contributed by atoms with Gasteiger partial charge < -0.3 is 20.0 Å². The van der Waals surface area contributed by atoms with Crippen molar-refractivity contribution in [2.24, 2.45) is 5.92 Å². The van der Waals surface area contributed by atoms with Gasteiger partial charge in [-0.2, -0.15) is 0 Å². The zero-order valence-corrected chi connectivity index (χ0v) is 16.3. The molecule has 2 aromatic carbocycles. The van der Waals surface area contributed by atoms with Gasteiger partial charge in [0.2, 0.25) is 0 Å². The summed E-state index contributed by atoms with van der Waals surface area (Å²) in [4.78, 5) is 17.4. The van der Waals surface area contributed by atoms with E-state index in [9.17, 15) is 19.4 Å². The zero-order chi connectivity index (χ0) is 20.2.